The molecule has 0 amide bonds. The van der Waals surface area contributed by atoms with Crippen LogP contribution in [0.5, 0.6) is 0 Å². The molecular formula is C16H27NO2S. The summed E-state index contributed by atoms with van der Waals surface area (Å²) in [7, 11) is -2.83. The zero-order chi connectivity index (χ0) is 14.8. The van der Waals surface area contributed by atoms with Gasteiger partial charge in [0.25, 0.3) is 0 Å². The first kappa shape index (κ1) is 17.2. The van der Waals surface area contributed by atoms with Crippen LogP contribution in [0.15, 0.2) is 30.3 Å². The maximum atomic E-state index is 11.1. The zero-order valence-corrected chi connectivity index (χ0v) is 13.5. The van der Waals surface area contributed by atoms with E-state index in [9.17, 15) is 8.42 Å². The third-order valence-corrected chi connectivity index (χ3v) is 4.45. The van der Waals surface area contributed by atoms with Gasteiger partial charge in [0.1, 0.15) is 9.84 Å². The van der Waals surface area contributed by atoms with Crippen LogP contribution in [0.2, 0.25) is 0 Å². The molecule has 0 fully saturated rings. The van der Waals surface area contributed by atoms with E-state index in [-0.39, 0.29) is 0 Å². The minimum Gasteiger partial charge on any atom is -0.314 e. The summed E-state index contributed by atoms with van der Waals surface area (Å²) in [6.45, 7) is 3.04. The van der Waals surface area contributed by atoms with Crippen molar-refractivity contribution in [3.63, 3.8) is 0 Å². The molecule has 0 saturated heterocycles. The van der Waals surface area contributed by atoms with Gasteiger partial charge < -0.3 is 5.32 Å². The molecule has 0 bridgehead atoms. The largest absolute Gasteiger partial charge is 0.314 e. The first-order chi connectivity index (χ1) is 9.51. The second kappa shape index (κ2) is 9.14. The van der Waals surface area contributed by atoms with Gasteiger partial charge in [-0.1, -0.05) is 37.3 Å². The quantitative estimate of drug-likeness (QED) is 0.722. The minimum atomic E-state index is -2.83. The molecule has 0 aliphatic rings. The molecule has 1 unspecified atom stereocenters. The molecule has 1 aromatic carbocycles. The lowest BCUT2D eigenvalue weighted by molar-refractivity contribution is 0.447. The lowest BCUT2D eigenvalue weighted by atomic mass is 10.0. The zero-order valence-electron chi connectivity index (χ0n) is 12.6. The van der Waals surface area contributed by atoms with E-state index >= 15 is 0 Å². The molecule has 1 atom stereocenters. The van der Waals surface area contributed by atoms with Crippen molar-refractivity contribution < 1.29 is 8.42 Å². The number of nitrogens with one attached hydrogen (secondary N) is 1. The van der Waals surface area contributed by atoms with Gasteiger partial charge in [0.05, 0.1) is 0 Å². The molecule has 0 heterocycles. The van der Waals surface area contributed by atoms with Crippen LogP contribution in [0, 0.1) is 0 Å². The van der Waals surface area contributed by atoms with E-state index < -0.39 is 9.84 Å². The number of sulfone groups is 1. The summed E-state index contributed by atoms with van der Waals surface area (Å²) >= 11 is 0. The second-order valence-electron chi connectivity index (χ2n) is 5.40. The van der Waals surface area contributed by atoms with Gasteiger partial charge in [0.2, 0.25) is 0 Å². The van der Waals surface area contributed by atoms with E-state index in [1.54, 1.807) is 0 Å². The van der Waals surface area contributed by atoms with Gasteiger partial charge in [-0.3, -0.25) is 0 Å². The third-order valence-electron chi connectivity index (χ3n) is 3.42. The van der Waals surface area contributed by atoms with Gasteiger partial charge in [-0.25, -0.2) is 8.42 Å². The maximum Gasteiger partial charge on any atom is 0.147 e. The molecule has 1 aromatic rings. The van der Waals surface area contributed by atoms with Gasteiger partial charge in [-0.15, -0.1) is 0 Å². The summed E-state index contributed by atoms with van der Waals surface area (Å²) in [5, 5.41) is 3.46. The summed E-state index contributed by atoms with van der Waals surface area (Å²) < 4.78 is 22.3. The molecule has 0 spiro atoms. The van der Waals surface area contributed by atoms with Crippen LogP contribution in [-0.2, 0) is 16.3 Å². The van der Waals surface area contributed by atoms with Crippen molar-refractivity contribution in [1.82, 2.24) is 5.32 Å². The fourth-order valence-electron chi connectivity index (χ4n) is 2.43. The summed E-state index contributed by atoms with van der Waals surface area (Å²) in [6.07, 6.45) is 6.34. The summed E-state index contributed by atoms with van der Waals surface area (Å²) in [5.74, 6) is 0.299. The molecule has 0 radical (unpaired) electrons. The fraction of sp³-hybridized carbons (Fsp3) is 0.625. The Hall–Kier alpha value is -0.870. The fourth-order valence-corrected chi connectivity index (χ4v) is 3.12. The molecule has 114 valence electrons. The molecule has 3 nitrogen and oxygen atoms in total. The minimum absolute atomic E-state index is 0.299. The van der Waals surface area contributed by atoms with Gasteiger partial charge in [-0.05, 0) is 44.2 Å². The van der Waals surface area contributed by atoms with Gasteiger partial charge >= 0.3 is 0 Å². The Kier molecular flexibility index (Phi) is 7.85. The van der Waals surface area contributed by atoms with Crippen LogP contribution in [-0.4, -0.2) is 33.0 Å². The Morgan fingerprint density at radius 3 is 2.35 bits per heavy atom. The van der Waals surface area contributed by atoms with E-state index in [1.165, 1.54) is 11.8 Å². The molecule has 4 heteroatoms. The average molecular weight is 297 g/mol. The Balaban J connectivity index is 2.28. The summed E-state index contributed by atoms with van der Waals surface area (Å²) in [6, 6.07) is 10.9. The molecule has 1 N–H and O–H groups in total. The monoisotopic (exact) mass is 297 g/mol. The molecule has 20 heavy (non-hydrogen) atoms. The number of aryl methyl sites for hydroxylation is 1. The third kappa shape index (κ3) is 8.33. The highest BCUT2D eigenvalue weighted by Crippen LogP contribution is 2.10. The highest BCUT2D eigenvalue weighted by Gasteiger charge is 2.09. The number of benzene rings is 1. The Bertz CT molecular complexity index is 457. The number of hydrogen-bond acceptors (Lipinski definition) is 3. The van der Waals surface area contributed by atoms with Crippen molar-refractivity contribution in [3.05, 3.63) is 35.9 Å². The Labute approximate surface area is 123 Å². The molecular weight excluding hydrogens is 270 g/mol. The molecule has 0 aliphatic heterocycles. The van der Waals surface area contributed by atoms with Crippen LogP contribution < -0.4 is 5.32 Å². The highest BCUT2D eigenvalue weighted by molar-refractivity contribution is 7.90. The number of rotatable bonds is 10. The van der Waals surface area contributed by atoms with Crippen LogP contribution in [0.4, 0.5) is 0 Å². The number of hydrogen-bond donors (Lipinski definition) is 1. The standard InChI is InChI=1S/C16H27NO2S/c1-3-17-16(13-8-14-20(2,18)19)12-7-11-15-9-5-4-6-10-15/h4-6,9-10,16-17H,3,7-8,11-14H2,1-2H3. The van der Waals surface area contributed by atoms with E-state index in [0.29, 0.717) is 11.8 Å². The lowest BCUT2D eigenvalue weighted by Gasteiger charge is -2.17. The van der Waals surface area contributed by atoms with Gasteiger partial charge in [0, 0.05) is 18.1 Å². The van der Waals surface area contributed by atoms with Crippen LogP contribution in [0.25, 0.3) is 0 Å². The van der Waals surface area contributed by atoms with Crippen molar-refractivity contribution in [2.45, 2.75) is 45.1 Å². The van der Waals surface area contributed by atoms with Crippen LogP contribution >= 0.6 is 0 Å². The first-order valence-corrected chi connectivity index (χ1v) is 9.52. The summed E-state index contributed by atoms with van der Waals surface area (Å²) in [5.41, 5.74) is 1.37. The topological polar surface area (TPSA) is 46.2 Å². The first-order valence-electron chi connectivity index (χ1n) is 7.46. The van der Waals surface area contributed by atoms with Crippen molar-refractivity contribution in [2.75, 3.05) is 18.6 Å². The highest BCUT2D eigenvalue weighted by atomic mass is 32.2. The molecule has 0 aromatic heterocycles. The Morgan fingerprint density at radius 1 is 1.10 bits per heavy atom. The van der Waals surface area contributed by atoms with Crippen molar-refractivity contribution in [1.29, 1.82) is 0 Å². The van der Waals surface area contributed by atoms with Gasteiger partial charge in [0.15, 0.2) is 0 Å². The normalized spacial score (nSPS) is 13.3. The van der Waals surface area contributed by atoms with E-state index in [4.69, 9.17) is 0 Å². The van der Waals surface area contributed by atoms with Gasteiger partial charge in [-0.2, -0.15) is 0 Å². The average Bonchev–Trinajstić information content (AvgIpc) is 2.38. The molecule has 1 rings (SSSR count). The lowest BCUT2D eigenvalue weighted by Crippen LogP contribution is -2.29. The van der Waals surface area contributed by atoms with Crippen molar-refractivity contribution >= 4 is 9.84 Å². The molecule has 0 aliphatic carbocycles. The summed E-state index contributed by atoms with van der Waals surface area (Å²) in [4.78, 5) is 0. The van der Waals surface area contributed by atoms with E-state index in [2.05, 4.69) is 36.5 Å². The molecule has 0 saturated carbocycles. The second-order valence-corrected chi connectivity index (χ2v) is 7.66. The Morgan fingerprint density at radius 2 is 1.75 bits per heavy atom. The van der Waals surface area contributed by atoms with E-state index in [0.717, 1.165) is 38.6 Å². The van der Waals surface area contributed by atoms with Crippen molar-refractivity contribution in [2.24, 2.45) is 0 Å². The predicted molar refractivity (Wildman–Crippen MR) is 85.8 cm³/mol. The smallest absolute Gasteiger partial charge is 0.147 e. The van der Waals surface area contributed by atoms with E-state index in [1.807, 2.05) is 6.07 Å². The maximum absolute atomic E-state index is 11.1. The predicted octanol–water partition coefficient (Wildman–Crippen LogP) is 2.81. The van der Waals surface area contributed by atoms with Crippen LogP contribution in [0.1, 0.15) is 38.2 Å². The SMILES string of the molecule is CCNC(CCCc1ccccc1)CCCS(C)(=O)=O. The van der Waals surface area contributed by atoms with Crippen LogP contribution in [0.3, 0.4) is 0 Å². The van der Waals surface area contributed by atoms with Crippen molar-refractivity contribution in [3.8, 4) is 0 Å².